The van der Waals surface area contributed by atoms with Gasteiger partial charge >= 0.3 is 0 Å². The molecule has 0 aromatic carbocycles. The minimum Gasteiger partial charge on any atom is -1.00 e. The minimum atomic E-state index is 0. The fourth-order valence-corrected chi connectivity index (χ4v) is 1.39. The molecule has 12 heavy (non-hydrogen) atoms. The molecule has 0 aliphatic heterocycles. The fourth-order valence-electron chi connectivity index (χ4n) is 1.39. The molecule has 0 aliphatic rings. The maximum atomic E-state index is 8.81. The number of nitrogens with zero attached hydrogens (tertiary/aromatic N) is 1. The highest BCUT2D eigenvalue weighted by Crippen LogP contribution is 2.02. The van der Waals surface area contributed by atoms with Gasteiger partial charge in [-0.25, -0.2) is 0 Å². The highest BCUT2D eigenvalue weighted by molar-refractivity contribution is 4.65. The molecule has 0 fully saturated rings. The third-order valence-corrected chi connectivity index (χ3v) is 1.97. The van der Waals surface area contributed by atoms with Gasteiger partial charge in [0.1, 0.15) is 6.54 Å². The van der Waals surface area contributed by atoms with E-state index in [0.29, 0.717) is 0 Å². The Bertz CT molecular complexity index is 111. The Labute approximate surface area is 81.9 Å². The zero-order valence-corrected chi connectivity index (χ0v) is 8.85. The first kappa shape index (κ1) is 14.5. The Hall–Kier alpha value is -0.0500. The zero-order valence-electron chi connectivity index (χ0n) is 8.09. The molecule has 0 saturated carbocycles. The summed E-state index contributed by atoms with van der Waals surface area (Å²) in [6.45, 7) is 9.05. The molecule has 0 bridgehead atoms. The summed E-state index contributed by atoms with van der Waals surface area (Å²) < 4.78 is 0.913. The summed E-state index contributed by atoms with van der Waals surface area (Å²) in [5.74, 6) is 0. The monoisotopic (exact) mass is 193 g/mol. The first-order valence-corrected chi connectivity index (χ1v) is 4.24. The van der Waals surface area contributed by atoms with Crippen LogP contribution >= 0.6 is 0 Å². The summed E-state index contributed by atoms with van der Waals surface area (Å²) in [6, 6.07) is 0. The van der Waals surface area contributed by atoms with Crippen molar-refractivity contribution >= 4 is 0 Å². The molecule has 1 N–H and O–H groups in total. The lowest BCUT2D eigenvalue weighted by molar-refractivity contribution is -0.904. The van der Waals surface area contributed by atoms with Crippen LogP contribution in [0.4, 0.5) is 0 Å². The van der Waals surface area contributed by atoms with E-state index in [1.165, 1.54) is 0 Å². The zero-order chi connectivity index (χ0) is 8.74. The van der Waals surface area contributed by atoms with Crippen LogP contribution in [0.3, 0.4) is 0 Å². The summed E-state index contributed by atoms with van der Waals surface area (Å²) in [5, 5.41) is 8.81. The van der Waals surface area contributed by atoms with E-state index in [2.05, 4.69) is 20.6 Å². The molecule has 74 valence electrons. The van der Waals surface area contributed by atoms with Crippen LogP contribution in [0.1, 0.15) is 13.3 Å². The first-order chi connectivity index (χ1) is 5.18. The molecule has 0 aromatic heterocycles. The Morgan fingerprint density at radius 3 is 2.33 bits per heavy atom. The second-order valence-electron chi connectivity index (χ2n) is 3.26. The molecule has 0 heterocycles. The number of hydrogen-bond donors (Lipinski definition) is 1. The predicted molar refractivity (Wildman–Crippen MR) is 48.4 cm³/mol. The van der Waals surface area contributed by atoms with Crippen LogP contribution in [-0.4, -0.2) is 42.9 Å². The van der Waals surface area contributed by atoms with Crippen molar-refractivity contribution in [3.05, 3.63) is 12.7 Å². The summed E-state index contributed by atoms with van der Waals surface area (Å²) in [4.78, 5) is 0. The second-order valence-corrected chi connectivity index (χ2v) is 3.26. The van der Waals surface area contributed by atoms with Gasteiger partial charge in [0.2, 0.25) is 0 Å². The number of quaternary nitrogens is 1. The van der Waals surface area contributed by atoms with Crippen molar-refractivity contribution in [1.29, 1.82) is 0 Å². The summed E-state index contributed by atoms with van der Waals surface area (Å²) >= 11 is 0. The summed E-state index contributed by atoms with van der Waals surface area (Å²) in [6.07, 6.45) is 3.08. The number of likely N-dealkylation sites (N-methyl/N-ethyl adjacent to an activating group) is 1. The van der Waals surface area contributed by atoms with Crippen LogP contribution in [0.15, 0.2) is 12.7 Å². The SMILES string of the molecule is C=CC[N+](C)(CCC)CCO.[Cl-]. The Morgan fingerprint density at radius 1 is 1.42 bits per heavy atom. The van der Waals surface area contributed by atoms with Gasteiger partial charge in [0.15, 0.2) is 0 Å². The molecule has 0 amide bonds. The molecule has 0 radical (unpaired) electrons. The number of hydrogen-bond acceptors (Lipinski definition) is 1. The van der Waals surface area contributed by atoms with E-state index in [1.54, 1.807) is 0 Å². The number of aliphatic hydroxyl groups is 1. The predicted octanol–water partition coefficient (Wildman–Crippen LogP) is -1.97. The maximum Gasteiger partial charge on any atom is 0.102 e. The van der Waals surface area contributed by atoms with Crippen LogP contribution in [0.2, 0.25) is 0 Å². The van der Waals surface area contributed by atoms with E-state index in [-0.39, 0.29) is 19.0 Å². The third kappa shape index (κ3) is 5.58. The molecular formula is C9H20ClNO. The highest BCUT2D eigenvalue weighted by atomic mass is 35.5. The van der Waals surface area contributed by atoms with Crippen LogP contribution in [0.25, 0.3) is 0 Å². The molecule has 2 nitrogen and oxygen atoms in total. The molecule has 3 heteroatoms. The normalized spacial score (nSPS) is 14.6. The van der Waals surface area contributed by atoms with Crippen molar-refractivity contribution in [3.8, 4) is 0 Å². The van der Waals surface area contributed by atoms with E-state index >= 15 is 0 Å². The molecule has 0 spiro atoms. The van der Waals surface area contributed by atoms with Crippen molar-refractivity contribution in [1.82, 2.24) is 0 Å². The lowest BCUT2D eigenvalue weighted by Crippen LogP contribution is -3.00. The molecule has 1 unspecified atom stereocenters. The molecule has 0 aliphatic carbocycles. The fraction of sp³-hybridized carbons (Fsp3) is 0.778. The van der Waals surface area contributed by atoms with E-state index in [4.69, 9.17) is 5.11 Å². The van der Waals surface area contributed by atoms with Crippen molar-refractivity contribution in [2.75, 3.05) is 33.3 Å². The standard InChI is InChI=1S/C9H20NO.ClH/c1-4-6-10(3,7-5-2)8-9-11;/h4,11H,1,5-9H2,2-3H3;1H/q+1;/p-1. The van der Waals surface area contributed by atoms with Gasteiger partial charge in [-0.2, -0.15) is 0 Å². The van der Waals surface area contributed by atoms with Gasteiger partial charge in [-0.1, -0.05) is 13.5 Å². The lowest BCUT2D eigenvalue weighted by atomic mass is 10.3. The van der Waals surface area contributed by atoms with Gasteiger partial charge in [-0.15, -0.1) is 0 Å². The Kier molecular flexibility index (Phi) is 9.16. The van der Waals surface area contributed by atoms with Gasteiger partial charge in [0.05, 0.1) is 26.7 Å². The smallest absolute Gasteiger partial charge is 0.102 e. The van der Waals surface area contributed by atoms with Gasteiger partial charge in [0, 0.05) is 0 Å². The van der Waals surface area contributed by atoms with E-state index in [0.717, 1.165) is 30.5 Å². The number of halogens is 1. The number of aliphatic hydroxyl groups excluding tert-OH is 1. The summed E-state index contributed by atoms with van der Waals surface area (Å²) in [5.41, 5.74) is 0. The molecule has 0 rings (SSSR count). The molecular weight excluding hydrogens is 174 g/mol. The minimum absolute atomic E-state index is 0. The van der Waals surface area contributed by atoms with Crippen LogP contribution in [-0.2, 0) is 0 Å². The largest absolute Gasteiger partial charge is 1.00 e. The van der Waals surface area contributed by atoms with Crippen LogP contribution < -0.4 is 12.4 Å². The van der Waals surface area contributed by atoms with Gasteiger partial charge in [-0.05, 0) is 12.5 Å². The topological polar surface area (TPSA) is 20.2 Å². The van der Waals surface area contributed by atoms with Gasteiger partial charge in [-0.3, -0.25) is 0 Å². The van der Waals surface area contributed by atoms with Gasteiger partial charge in [0.25, 0.3) is 0 Å². The average molecular weight is 194 g/mol. The summed E-state index contributed by atoms with van der Waals surface area (Å²) in [7, 11) is 2.15. The Balaban J connectivity index is 0. The van der Waals surface area contributed by atoms with Gasteiger partial charge < -0.3 is 22.0 Å². The highest BCUT2D eigenvalue weighted by Gasteiger charge is 2.16. The molecule has 0 saturated heterocycles. The lowest BCUT2D eigenvalue weighted by Gasteiger charge is -2.32. The van der Waals surface area contributed by atoms with Crippen LogP contribution in [0.5, 0.6) is 0 Å². The van der Waals surface area contributed by atoms with Crippen molar-refractivity contribution in [3.63, 3.8) is 0 Å². The first-order valence-electron chi connectivity index (χ1n) is 4.24. The van der Waals surface area contributed by atoms with E-state index < -0.39 is 0 Å². The number of rotatable bonds is 6. The van der Waals surface area contributed by atoms with Crippen molar-refractivity contribution < 1.29 is 22.0 Å². The van der Waals surface area contributed by atoms with E-state index in [9.17, 15) is 0 Å². The van der Waals surface area contributed by atoms with Crippen LogP contribution in [0, 0.1) is 0 Å². The quantitative estimate of drug-likeness (QED) is 0.383. The maximum absolute atomic E-state index is 8.81. The van der Waals surface area contributed by atoms with Crippen molar-refractivity contribution in [2.24, 2.45) is 0 Å². The second kappa shape index (κ2) is 7.59. The average Bonchev–Trinajstić information content (AvgIpc) is 1.88. The molecule has 0 aromatic rings. The molecule has 1 atom stereocenters. The third-order valence-electron chi connectivity index (χ3n) is 1.97. The van der Waals surface area contributed by atoms with Crippen molar-refractivity contribution in [2.45, 2.75) is 13.3 Å². The van der Waals surface area contributed by atoms with E-state index in [1.807, 2.05) is 6.08 Å². The Morgan fingerprint density at radius 2 is 2.00 bits per heavy atom.